The van der Waals surface area contributed by atoms with Crippen LogP contribution in [0.25, 0.3) is 0 Å². The van der Waals surface area contributed by atoms with Crippen molar-refractivity contribution in [2.75, 3.05) is 13.1 Å². The molecule has 1 fully saturated rings. The average molecular weight is 874 g/mol. The molecule has 0 radical (unpaired) electrons. The number of H-pyrrole nitrogens is 1. The van der Waals surface area contributed by atoms with Crippen molar-refractivity contribution < 1.29 is 64.5 Å². The van der Waals surface area contributed by atoms with E-state index < -0.39 is 66.0 Å². The summed E-state index contributed by atoms with van der Waals surface area (Å²) in [5.41, 5.74) is 37.9. The number of hydrogen-bond donors (Lipinski definition) is 16. The van der Waals surface area contributed by atoms with Crippen molar-refractivity contribution in [1.82, 2.24) is 15.3 Å². The van der Waals surface area contributed by atoms with Gasteiger partial charge in [0, 0.05) is 24.9 Å². The lowest BCUT2D eigenvalue weighted by atomic mass is 10.0. The molecule has 348 valence electrons. The van der Waals surface area contributed by atoms with Gasteiger partial charge in [-0.1, -0.05) is 46.2 Å². The van der Waals surface area contributed by atoms with E-state index in [-0.39, 0.29) is 42.4 Å². The predicted octanol–water partition coefficient (Wildman–Crippen LogP) is -1.52. The van der Waals surface area contributed by atoms with E-state index in [2.05, 4.69) is 20.3 Å². The molecule has 1 aromatic heterocycles. The first-order valence-electron chi connectivity index (χ1n) is 19.0. The minimum Gasteiger partial charge on any atom is -0.508 e. The number of carbonyl (C=O) groups is 6. The highest BCUT2D eigenvalue weighted by atomic mass is 16.4. The van der Waals surface area contributed by atoms with Crippen LogP contribution >= 0.6 is 0 Å². The summed E-state index contributed by atoms with van der Waals surface area (Å²) in [6, 6.07) is 2.07. The maximum absolute atomic E-state index is 10.4. The van der Waals surface area contributed by atoms with Crippen molar-refractivity contribution in [2.45, 2.75) is 109 Å². The molecule has 7 atom stereocenters. The Morgan fingerprint density at radius 3 is 1.59 bits per heavy atom. The Labute approximate surface area is 354 Å². The number of carboxylic acids is 6. The minimum atomic E-state index is -1.02. The molecule has 23 N–H and O–H groups in total. The van der Waals surface area contributed by atoms with E-state index in [4.69, 9.17) is 75.9 Å². The highest BCUT2D eigenvalue weighted by Crippen LogP contribution is 2.11. The summed E-state index contributed by atoms with van der Waals surface area (Å²) in [4.78, 5) is 71.4. The number of aromatic nitrogens is 2. The van der Waals surface area contributed by atoms with Crippen LogP contribution in [0.3, 0.4) is 0 Å². The summed E-state index contributed by atoms with van der Waals surface area (Å²) < 4.78 is 0. The molecule has 24 heteroatoms. The average Bonchev–Trinajstić information content (AvgIpc) is 3.93. The van der Waals surface area contributed by atoms with E-state index in [1.54, 1.807) is 32.2 Å². The van der Waals surface area contributed by atoms with Crippen LogP contribution in [0.15, 0.2) is 41.8 Å². The standard InChI is InChI=1S/C9H11NO3.C6H14N4O2.C6H9N3O2.C6H13NO2.C5H9NO2.C5H11NO2/c10-8(9(12)13)5-6-1-3-7(11)4-2-6;7-4(5(11)12)2-1-3-10-6(8)9;7-5(6(10)11)1-4-2-8-3-9-4;1-3-4(2)5(7)6(8)9;7-5(8)4-2-1-3-6-4;1-3(2)4(6)5(7)8/h1-4,8,11H,5,10H2,(H,12,13);4H,1-3,7H2,(H,11,12)(H4,8,9,10);2-3,5H,1,7H2,(H,8,9)(H,10,11);4-5H,3,7H2,1-2H3,(H,8,9);4,6H,1-3H2,(H,7,8);3-4H,6H2,1-2H3,(H,7,8)/t8-;4-;5-;4?,5-;2*4-/m000000/s1. The van der Waals surface area contributed by atoms with E-state index in [1.807, 2.05) is 13.8 Å². The number of aliphatic imine (C=N–C) groups is 1. The Hall–Kier alpha value is -5.92. The van der Waals surface area contributed by atoms with E-state index in [1.165, 1.54) is 18.5 Å². The summed E-state index contributed by atoms with van der Waals surface area (Å²) in [5, 5.41) is 62.1. The fraction of sp³-hybridized carbons (Fsp3) is 0.568. The van der Waals surface area contributed by atoms with Crippen molar-refractivity contribution >= 4 is 41.8 Å². The number of aromatic hydroxyl groups is 1. The number of nitrogens with one attached hydrogen (secondary N) is 2. The number of carboxylic acid groups (broad SMARTS) is 6. The molecule has 0 saturated carbocycles. The van der Waals surface area contributed by atoms with Gasteiger partial charge in [-0.15, -0.1) is 0 Å². The quantitative estimate of drug-likeness (QED) is 0.0488. The number of rotatable bonds is 17. The first kappa shape index (κ1) is 59.4. The summed E-state index contributed by atoms with van der Waals surface area (Å²) in [7, 11) is 0. The Balaban J connectivity index is -0.000000668. The van der Waals surface area contributed by atoms with Crippen LogP contribution in [0.1, 0.15) is 71.1 Å². The molecule has 61 heavy (non-hydrogen) atoms. The fourth-order valence-corrected chi connectivity index (χ4v) is 4.01. The van der Waals surface area contributed by atoms with E-state index in [0.29, 0.717) is 19.4 Å². The second-order valence-corrected chi connectivity index (χ2v) is 13.8. The molecule has 0 aliphatic carbocycles. The minimum absolute atomic E-state index is 0.0129. The maximum Gasteiger partial charge on any atom is 0.320 e. The topological polar surface area (TPSA) is 479 Å². The number of phenolic OH excluding ortho intramolecular Hbond substituents is 1. The number of guanidine groups is 1. The summed E-state index contributed by atoms with van der Waals surface area (Å²) >= 11 is 0. The van der Waals surface area contributed by atoms with Crippen molar-refractivity contribution in [2.24, 2.45) is 57.0 Å². The van der Waals surface area contributed by atoms with Gasteiger partial charge in [0.1, 0.15) is 42.0 Å². The van der Waals surface area contributed by atoms with Gasteiger partial charge in [-0.2, -0.15) is 0 Å². The van der Waals surface area contributed by atoms with Crippen molar-refractivity contribution in [3.8, 4) is 5.75 Å². The number of imidazole rings is 1. The maximum atomic E-state index is 10.4. The van der Waals surface area contributed by atoms with Crippen LogP contribution in [-0.4, -0.2) is 137 Å². The van der Waals surface area contributed by atoms with Crippen LogP contribution in [0.2, 0.25) is 0 Å². The van der Waals surface area contributed by atoms with E-state index in [0.717, 1.165) is 37.1 Å². The second-order valence-electron chi connectivity index (χ2n) is 13.8. The lowest BCUT2D eigenvalue weighted by molar-refractivity contribution is -0.140. The number of benzene rings is 1. The SMILES string of the molecule is CC(C)[C@H](N)C(=O)O.CCC(C)[C@H](N)C(=O)O.NC(N)=NCCC[C@H](N)C(=O)O.N[C@@H](Cc1ccc(O)cc1)C(=O)O.N[C@@H](Cc1cnc[nH]1)C(=O)O.O=C(O)[C@@H]1CCCN1. The molecule has 0 bridgehead atoms. The molecular weight excluding hydrogens is 806 g/mol. The van der Waals surface area contributed by atoms with Gasteiger partial charge in [0.25, 0.3) is 0 Å². The van der Waals surface area contributed by atoms with E-state index >= 15 is 0 Å². The molecule has 2 aromatic rings. The van der Waals surface area contributed by atoms with Gasteiger partial charge in [0.2, 0.25) is 0 Å². The Morgan fingerprint density at radius 1 is 0.770 bits per heavy atom. The highest BCUT2D eigenvalue weighted by Gasteiger charge is 2.20. The zero-order valence-electron chi connectivity index (χ0n) is 35.0. The second kappa shape index (κ2) is 33.9. The molecule has 0 amide bonds. The van der Waals surface area contributed by atoms with Crippen LogP contribution < -0.4 is 45.5 Å². The Kier molecular flexibility index (Phi) is 33.0. The van der Waals surface area contributed by atoms with Gasteiger partial charge in [-0.3, -0.25) is 33.8 Å². The third-order valence-corrected chi connectivity index (χ3v) is 8.21. The van der Waals surface area contributed by atoms with E-state index in [9.17, 15) is 28.8 Å². The molecule has 0 spiro atoms. The number of aliphatic carboxylic acids is 6. The lowest BCUT2D eigenvalue weighted by Gasteiger charge is -2.11. The monoisotopic (exact) mass is 873 g/mol. The fourth-order valence-electron chi connectivity index (χ4n) is 4.01. The normalized spacial score (nSPS) is 15.3. The third-order valence-electron chi connectivity index (χ3n) is 8.21. The molecule has 1 saturated heterocycles. The molecule has 2 heterocycles. The Bertz CT molecular complexity index is 1560. The molecule has 24 nitrogen and oxygen atoms in total. The zero-order valence-corrected chi connectivity index (χ0v) is 35.0. The van der Waals surface area contributed by atoms with Crippen LogP contribution in [-0.2, 0) is 41.6 Å². The van der Waals surface area contributed by atoms with Crippen molar-refractivity contribution in [3.05, 3.63) is 48.0 Å². The van der Waals surface area contributed by atoms with Crippen LogP contribution in [0, 0.1) is 11.8 Å². The van der Waals surface area contributed by atoms with Crippen molar-refractivity contribution in [1.29, 1.82) is 0 Å². The molecule has 1 unspecified atom stereocenters. The van der Waals surface area contributed by atoms with Gasteiger partial charge < -0.3 is 86.2 Å². The summed E-state index contributed by atoms with van der Waals surface area (Å²) in [6.45, 7) is 8.59. The first-order valence-corrected chi connectivity index (χ1v) is 19.0. The molecular formula is C37H67N11O13. The van der Waals surface area contributed by atoms with Gasteiger partial charge in [-0.25, -0.2) is 4.98 Å². The number of phenols is 1. The van der Waals surface area contributed by atoms with Crippen LogP contribution in [0.5, 0.6) is 5.75 Å². The van der Waals surface area contributed by atoms with Gasteiger partial charge in [0.15, 0.2) is 5.96 Å². The number of hydrogen-bond acceptors (Lipinski definition) is 15. The van der Waals surface area contributed by atoms with Crippen molar-refractivity contribution in [3.63, 3.8) is 0 Å². The molecule has 1 aromatic carbocycles. The smallest absolute Gasteiger partial charge is 0.320 e. The predicted molar refractivity (Wildman–Crippen MR) is 225 cm³/mol. The van der Waals surface area contributed by atoms with Gasteiger partial charge in [-0.05, 0) is 68.2 Å². The lowest BCUT2D eigenvalue weighted by Crippen LogP contribution is -2.36. The summed E-state index contributed by atoms with van der Waals surface area (Å²) in [5.74, 6) is -5.32. The van der Waals surface area contributed by atoms with Crippen LogP contribution in [0.4, 0.5) is 0 Å². The largest absolute Gasteiger partial charge is 0.508 e. The number of nitrogens with zero attached hydrogens (tertiary/aromatic N) is 2. The third kappa shape index (κ3) is 32.6. The number of aromatic amines is 1. The van der Waals surface area contributed by atoms with Gasteiger partial charge >= 0.3 is 35.8 Å². The molecule has 1 aliphatic rings. The Morgan fingerprint density at radius 2 is 1.28 bits per heavy atom. The highest BCUT2D eigenvalue weighted by molar-refractivity contribution is 5.76. The zero-order chi connectivity index (χ0) is 47.8. The number of nitrogens with two attached hydrogens (primary N) is 7. The molecule has 1 aliphatic heterocycles. The van der Waals surface area contributed by atoms with Gasteiger partial charge in [0.05, 0.1) is 6.33 Å². The summed E-state index contributed by atoms with van der Waals surface area (Å²) in [6.07, 6.45) is 7.16. The first-order chi connectivity index (χ1) is 28.3. The molecule has 3 rings (SSSR count).